The van der Waals surface area contributed by atoms with E-state index in [4.69, 9.17) is 4.74 Å². The van der Waals surface area contributed by atoms with E-state index in [9.17, 15) is 8.76 Å². The van der Waals surface area contributed by atoms with Crippen LogP contribution in [0.25, 0.3) is 0 Å². The topological polar surface area (TPSA) is 49.4 Å². The summed E-state index contributed by atoms with van der Waals surface area (Å²) >= 11 is -1.95. The first-order valence-electron chi connectivity index (χ1n) is 4.41. The molecule has 0 saturated carbocycles. The highest BCUT2D eigenvalue weighted by molar-refractivity contribution is 7.79. The van der Waals surface area contributed by atoms with Crippen molar-refractivity contribution in [3.63, 3.8) is 0 Å². The largest absolute Gasteiger partial charge is 0.772 e. The first kappa shape index (κ1) is 12.1. The summed E-state index contributed by atoms with van der Waals surface area (Å²) in [4.78, 5) is 0. The minimum absolute atomic E-state index is 0.119. The van der Waals surface area contributed by atoms with Crippen molar-refractivity contribution in [3.8, 4) is 0 Å². The van der Waals surface area contributed by atoms with Crippen molar-refractivity contribution in [2.24, 2.45) is 0 Å². The molecule has 1 atom stereocenters. The Bertz CT molecular complexity index is 117. The lowest BCUT2D eigenvalue weighted by molar-refractivity contribution is 0.144. The highest BCUT2D eigenvalue weighted by Crippen LogP contribution is 1.98. The number of hydrogen-bond donors (Lipinski definition) is 0. The highest BCUT2D eigenvalue weighted by Gasteiger charge is 1.89. The van der Waals surface area contributed by atoms with E-state index in [0.29, 0.717) is 13.2 Å². The van der Waals surface area contributed by atoms with E-state index in [1.807, 2.05) is 0 Å². The number of rotatable bonds is 8. The van der Waals surface area contributed by atoms with Gasteiger partial charge < -0.3 is 9.29 Å². The van der Waals surface area contributed by atoms with E-state index < -0.39 is 11.1 Å². The lowest BCUT2D eigenvalue weighted by Gasteiger charge is -2.05. The minimum Gasteiger partial charge on any atom is -0.772 e. The lowest BCUT2D eigenvalue weighted by atomic mass is 10.2. The molecule has 0 radical (unpaired) electrons. The van der Waals surface area contributed by atoms with E-state index in [0.717, 1.165) is 6.42 Å². The van der Waals surface area contributed by atoms with Crippen LogP contribution >= 0.6 is 0 Å². The molecule has 0 aliphatic heterocycles. The number of unbranched alkanes of at least 4 members (excludes halogenated alkanes) is 3. The predicted molar refractivity (Wildman–Crippen MR) is 48.7 cm³/mol. The van der Waals surface area contributed by atoms with E-state index >= 15 is 0 Å². The van der Waals surface area contributed by atoms with Gasteiger partial charge in [-0.25, -0.2) is 0 Å². The molecule has 0 heterocycles. The van der Waals surface area contributed by atoms with Gasteiger partial charge in [-0.2, -0.15) is 0 Å². The molecule has 4 heteroatoms. The van der Waals surface area contributed by atoms with Crippen LogP contribution in [-0.4, -0.2) is 27.7 Å². The van der Waals surface area contributed by atoms with Crippen molar-refractivity contribution in [2.75, 3.05) is 19.0 Å². The van der Waals surface area contributed by atoms with Crippen LogP contribution in [0.15, 0.2) is 0 Å². The fourth-order valence-electron chi connectivity index (χ4n) is 0.860. The van der Waals surface area contributed by atoms with Gasteiger partial charge in [-0.05, 0) is 6.42 Å². The molecule has 0 bridgehead atoms. The lowest BCUT2D eigenvalue weighted by Crippen LogP contribution is -2.05. The van der Waals surface area contributed by atoms with Gasteiger partial charge in [0.05, 0.1) is 6.61 Å². The van der Waals surface area contributed by atoms with Gasteiger partial charge in [-0.3, -0.25) is 4.21 Å². The third kappa shape index (κ3) is 10.1. The van der Waals surface area contributed by atoms with Crippen molar-refractivity contribution in [1.29, 1.82) is 0 Å². The molecule has 74 valence electrons. The summed E-state index contributed by atoms with van der Waals surface area (Å²) in [5.41, 5.74) is 0. The van der Waals surface area contributed by atoms with E-state index in [1.54, 1.807) is 0 Å². The van der Waals surface area contributed by atoms with Gasteiger partial charge in [-0.15, -0.1) is 0 Å². The second kappa shape index (κ2) is 9.16. The Labute approximate surface area is 76.8 Å². The molecule has 0 spiro atoms. The van der Waals surface area contributed by atoms with Crippen molar-refractivity contribution in [3.05, 3.63) is 0 Å². The molecule has 3 nitrogen and oxygen atoms in total. The SMILES string of the molecule is CCCCCCOCCS(=O)[O-]. The summed E-state index contributed by atoms with van der Waals surface area (Å²) in [6.07, 6.45) is 4.66. The maximum Gasteiger partial charge on any atom is 0.0570 e. The molecule has 0 aromatic rings. The van der Waals surface area contributed by atoms with Gasteiger partial charge in [0.25, 0.3) is 0 Å². The molecule has 0 saturated heterocycles. The summed E-state index contributed by atoms with van der Waals surface area (Å²) in [7, 11) is 0. The predicted octanol–water partition coefficient (Wildman–Crippen LogP) is 1.46. The van der Waals surface area contributed by atoms with E-state index in [2.05, 4.69) is 6.92 Å². The molecule has 0 aliphatic rings. The Morgan fingerprint density at radius 1 is 1.25 bits per heavy atom. The molecular weight excluding hydrogens is 176 g/mol. The smallest absolute Gasteiger partial charge is 0.0570 e. The summed E-state index contributed by atoms with van der Waals surface area (Å²) in [6, 6.07) is 0. The second-order valence-corrected chi connectivity index (χ2v) is 3.70. The van der Waals surface area contributed by atoms with Gasteiger partial charge in [0.15, 0.2) is 0 Å². The fourth-order valence-corrected chi connectivity index (χ4v) is 1.11. The summed E-state index contributed by atoms with van der Waals surface area (Å²) in [6.45, 7) is 3.18. The van der Waals surface area contributed by atoms with Crippen LogP contribution in [0.3, 0.4) is 0 Å². The number of ether oxygens (including phenoxy) is 1. The quantitative estimate of drug-likeness (QED) is 0.433. The van der Waals surface area contributed by atoms with Gasteiger partial charge >= 0.3 is 0 Å². The standard InChI is InChI=1S/C8H18O3S/c1-2-3-4-5-6-11-7-8-12(9)10/h2-8H2,1H3,(H,9,10)/p-1. The molecule has 0 aliphatic carbocycles. The van der Waals surface area contributed by atoms with Crippen LogP contribution in [0.1, 0.15) is 32.6 Å². The molecule has 1 unspecified atom stereocenters. The maximum absolute atomic E-state index is 10.1. The van der Waals surface area contributed by atoms with E-state index in [1.165, 1.54) is 19.3 Å². The number of hydrogen-bond acceptors (Lipinski definition) is 3. The Hall–Kier alpha value is 0.0700. The molecule has 0 fully saturated rings. The van der Waals surface area contributed by atoms with Crippen LogP contribution in [0.5, 0.6) is 0 Å². The average molecular weight is 193 g/mol. The Balaban J connectivity index is 2.86. The minimum atomic E-state index is -1.95. The van der Waals surface area contributed by atoms with Gasteiger partial charge in [0.1, 0.15) is 0 Å². The van der Waals surface area contributed by atoms with Crippen LogP contribution in [0, 0.1) is 0 Å². The molecular formula is C8H17O3S-. The third-order valence-corrected chi connectivity index (χ3v) is 2.04. The third-order valence-electron chi connectivity index (χ3n) is 1.54. The molecule has 0 aromatic carbocycles. The zero-order valence-corrected chi connectivity index (χ0v) is 8.40. The van der Waals surface area contributed by atoms with Gasteiger partial charge in [-0.1, -0.05) is 37.3 Å². The van der Waals surface area contributed by atoms with Crippen LogP contribution in [0.4, 0.5) is 0 Å². The Morgan fingerprint density at radius 2 is 2.00 bits per heavy atom. The average Bonchev–Trinajstić information content (AvgIpc) is 2.02. The second-order valence-electron chi connectivity index (χ2n) is 2.68. The fraction of sp³-hybridized carbons (Fsp3) is 1.00. The van der Waals surface area contributed by atoms with Gasteiger partial charge in [0, 0.05) is 12.4 Å². The normalized spacial score (nSPS) is 13.2. The Kier molecular flexibility index (Phi) is 9.21. The maximum atomic E-state index is 10.1. The van der Waals surface area contributed by atoms with Crippen molar-refractivity contribution < 1.29 is 13.5 Å². The zero-order valence-electron chi connectivity index (χ0n) is 7.58. The summed E-state index contributed by atoms with van der Waals surface area (Å²) in [5.74, 6) is 0.119. The summed E-state index contributed by atoms with van der Waals surface area (Å²) < 4.78 is 25.2. The van der Waals surface area contributed by atoms with E-state index in [-0.39, 0.29) is 5.75 Å². The molecule has 0 N–H and O–H groups in total. The first-order chi connectivity index (χ1) is 5.77. The molecule has 0 rings (SSSR count). The van der Waals surface area contributed by atoms with Crippen molar-refractivity contribution in [1.82, 2.24) is 0 Å². The first-order valence-corrected chi connectivity index (χ1v) is 5.65. The highest BCUT2D eigenvalue weighted by atomic mass is 32.2. The summed E-state index contributed by atoms with van der Waals surface area (Å²) in [5, 5.41) is 0. The molecule has 0 aromatic heterocycles. The Morgan fingerprint density at radius 3 is 2.58 bits per heavy atom. The van der Waals surface area contributed by atoms with Crippen LogP contribution in [0.2, 0.25) is 0 Å². The van der Waals surface area contributed by atoms with Gasteiger partial charge in [0.2, 0.25) is 0 Å². The zero-order chi connectivity index (χ0) is 9.23. The van der Waals surface area contributed by atoms with Crippen molar-refractivity contribution >= 4 is 11.1 Å². The van der Waals surface area contributed by atoms with Crippen LogP contribution < -0.4 is 0 Å². The van der Waals surface area contributed by atoms with Crippen molar-refractivity contribution in [2.45, 2.75) is 32.6 Å². The monoisotopic (exact) mass is 193 g/mol. The molecule has 12 heavy (non-hydrogen) atoms. The molecule has 0 amide bonds. The van der Waals surface area contributed by atoms with Crippen LogP contribution in [-0.2, 0) is 15.8 Å².